The van der Waals surface area contributed by atoms with Gasteiger partial charge in [0.25, 0.3) is 0 Å². The van der Waals surface area contributed by atoms with Crippen molar-refractivity contribution in [3.63, 3.8) is 0 Å². The molecule has 2 N–H and O–H groups in total. The quantitative estimate of drug-likeness (QED) is 0.406. The lowest BCUT2D eigenvalue weighted by Crippen LogP contribution is -2.52. The highest BCUT2D eigenvalue weighted by Crippen LogP contribution is 2.64. The van der Waals surface area contributed by atoms with E-state index in [0.717, 1.165) is 50.2 Å². The molecule has 3 saturated carbocycles. The number of aliphatic hydroxyl groups is 1. The molecule has 0 aromatic carbocycles. The van der Waals surface area contributed by atoms with Crippen LogP contribution in [0.15, 0.2) is 16.8 Å². The highest BCUT2D eigenvalue weighted by atomic mass is 16.4. The van der Waals surface area contributed by atoms with E-state index in [-0.39, 0.29) is 5.41 Å². The first-order valence-electron chi connectivity index (χ1n) is 9.14. The molecule has 0 aromatic heterocycles. The first kappa shape index (κ1) is 15.3. The smallest absolute Gasteiger partial charge is 0.130 e. The summed E-state index contributed by atoms with van der Waals surface area (Å²) in [7, 11) is 0. The SMILES string of the molecule is C#CC1(O)CCC2C3CCC4=C/C(=N\O)CCC4C3CCC21C. The Kier molecular flexibility index (Phi) is 3.39. The van der Waals surface area contributed by atoms with E-state index in [1.807, 2.05) is 0 Å². The van der Waals surface area contributed by atoms with Crippen molar-refractivity contribution in [2.45, 2.75) is 63.9 Å². The topological polar surface area (TPSA) is 52.8 Å². The molecule has 6 atom stereocenters. The van der Waals surface area contributed by atoms with Crippen LogP contribution in [0.5, 0.6) is 0 Å². The molecule has 6 unspecified atom stereocenters. The molecule has 4 rings (SSSR count). The summed E-state index contributed by atoms with van der Waals surface area (Å²) in [4.78, 5) is 0. The van der Waals surface area contributed by atoms with Gasteiger partial charge in [0.05, 0.1) is 5.71 Å². The Morgan fingerprint density at radius 2 is 2.00 bits per heavy atom. The molecule has 3 fully saturated rings. The number of nitrogens with zero attached hydrogens (tertiary/aromatic N) is 1. The number of oxime groups is 1. The van der Waals surface area contributed by atoms with Crippen LogP contribution in [-0.2, 0) is 0 Å². The number of terminal acetylenes is 1. The number of allylic oxidation sites excluding steroid dienone is 2. The van der Waals surface area contributed by atoms with Crippen LogP contribution in [-0.4, -0.2) is 21.6 Å². The summed E-state index contributed by atoms with van der Waals surface area (Å²) in [5.74, 6) is 5.40. The standard InChI is InChI=1S/C20H27NO2/c1-3-20(22)11-9-18-17-6-4-13-12-14(21-23)5-7-15(13)16(17)8-10-19(18,20)2/h1,12,15-18,22-23H,4-11H2,2H3/b21-14-. The van der Waals surface area contributed by atoms with Gasteiger partial charge < -0.3 is 10.3 Å². The largest absolute Gasteiger partial charge is 0.411 e. The minimum Gasteiger partial charge on any atom is -0.411 e. The highest BCUT2D eigenvalue weighted by molar-refractivity contribution is 5.96. The fourth-order valence-electron chi connectivity index (χ4n) is 6.53. The summed E-state index contributed by atoms with van der Waals surface area (Å²) < 4.78 is 0. The van der Waals surface area contributed by atoms with Gasteiger partial charge in [0.1, 0.15) is 5.60 Å². The summed E-state index contributed by atoms with van der Waals surface area (Å²) >= 11 is 0. The van der Waals surface area contributed by atoms with Crippen molar-refractivity contribution < 1.29 is 10.3 Å². The average Bonchev–Trinajstić information content (AvgIpc) is 2.86. The van der Waals surface area contributed by atoms with E-state index in [4.69, 9.17) is 11.6 Å². The van der Waals surface area contributed by atoms with Crippen molar-refractivity contribution in [2.75, 3.05) is 0 Å². The van der Waals surface area contributed by atoms with Crippen molar-refractivity contribution >= 4 is 5.71 Å². The number of hydrogen-bond acceptors (Lipinski definition) is 3. The van der Waals surface area contributed by atoms with Gasteiger partial charge in [-0.2, -0.15) is 0 Å². The summed E-state index contributed by atoms with van der Waals surface area (Å²) in [5, 5.41) is 23.4. The normalized spacial score (nSPS) is 50.5. The second kappa shape index (κ2) is 5.11. The van der Waals surface area contributed by atoms with Crippen molar-refractivity contribution in [2.24, 2.45) is 34.2 Å². The molecule has 0 amide bonds. The molecule has 0 radical (unpaired) electrons. The molecule has 124 valence electrons. The van der Waals surface area contributed by atoms with Crippen LogP contribution in [0.25, 0.3) is 0 Å². The Bertz CT molecular complexity index is 616. The van der Waals surface area contributed by atoms with E-state index in [1.54, 1.807) is 0 Å². The molecule has 4 aliphatic carbocycles. The Morgan fingerprint density at radius 3 is 2.74 bits per heavy atom. The Labute approximate surface area is 138 Å². The molecule has 4 aliphatic rings. The summed E-state index contributed by atoms with van der Waals surface area (Å²) in [6, 6.07) is 0. The number of rotatable bonds is 0. The van der Waals surface area contributed by atoms with Crippen molar-refractivity contribution in [3.05, 3.63) is 11.6 Å². The van der Waals surface area contributed by atoms with E-state index in [1.165, 1.54) is 18.4 Å². The lowest BCUT2D eigenvalue weighted by Gasteiger charge is -2.54. The molecule has 3 nitrogen and oxygen atoms in total. The van der Waals surface area contributed by atoms with Crippen LogP contribution in [0, 0.1) is 41.4 Å². The van der Waals surface area contributed by atoms with E-state index in [2.05, 4.69) is 24.1 Å². The van der Waals surface area contributed by atoms with Crippen molar-refractivity contribution in [1.29, 1.82) is 0 Å². The summed E-state index contributed by atoms with van der Waals surface area (Å²) in [5.41, 5.74) is 1.34. The zero-order valence-electron chi connectivity index (χ0n) is 14.0. The fourth-order valence-corrected chi connectivity index (χ4v) is 6.53. The van der Waals surface area contributed by atoms with E-state index in [0.29, 0.717) is 17.8 Å². The third kappa shape index (κ3) is 1.97. The van der Waals surface area contributed by atoms with Crippen molar-refractivity contribution in [1.82, 2.24) is 0 Å². The Balaban J connectivity index is 1.63. The molecule has 0 spiro atoms. The van der Waals surface area contributed by atoms with Gasteiger partial charge in [-0.25, -0.2) is 0 Å². The molecule has 0 bridgehead atoms. The molecule has 23 heavy (non-hydrogen) atoms. The average molecular weight is 313 g/mol. The molecule has 0 aromatic rings. The van der Waals surface area contributed by atoms with Gasteiger partial charge in [-0.15, -0.1) is 6.42 Å². The van der Waals surface area contributed by atoms with E-state index >= 15 is 0 Å². The number of hydrogen-bond donors (Lipinski definition) is 2. The van der Waals surface area contributed by atoms with Gasteiger partial charge in [0.2, 0.25) is 0 Å². The summed E-state index contributed by atoms with van der Waals surface area (Å²) in [6.45, 7) is 2.24. The maximum absolute atomic E-state index is 11.0. The van der Waals surface area contributed by atoms with Gasteiger partial charge in [-0.3, -0.25) is 0 Å². The monoisotopic (exact) mass is 313 g/mol. The molecular formula is C20H27NO2. The lowest BCUT2D eigenvalue weighted by atomic mass is 9.50. The van der Waals surface area contributed by atoms with Gasteiger partial charge in [-0.1, -0.05) is 23.6 Å². The van der Waals surface area contributed by atoms with Gasteiger partial charge >= 0.3 is 0 Å². The molecule has 0 saturated heterocycles. The first-order chi connectivity index (χ1) is 11.0. The van der Waals surface area contributed by atoms with Gasteiger partial charge in [-0.05, 0) is 81.1 Å². The minimum absolute atomic E-state index is 0.101. The van der Waals surface area contributed by atoms with Crippen LogP contribution in [0.2, 0.25) is 0 Å². The predicted octanol–water partition coefficient (Wildman–Crippen LogP) is 3.75. The fraction of sp³-hybridized carbons (Fsp3) is 0.750. The zero-order valence-corrected chi connectivity index (χ0v) is 14.0. The van der Waals surface area contributed by atoms with E-state index < -0.39 is 5.60 Å². The van der Waals surface area contributed by atoms with Crippen LogP contribution in [0.1, 0.15) is 58.3 Å². The highest BCUT2D eigenvalue weighted by Gasteiger charge is 2.61. The second-order valence-electron chi connectivity index (χ2n) is 8.43. The lowest BCUT2D eigenvalue weighted by molar-refractivity contribution is -0.0852. The number of fused-ring (bicyclic) bond motifs is 5. The predicted molar refractivity (Wildman–Crippen MR) is 90.1 cm³/mol. The third-order valence-electron chi connectivity index (χ3n) is 7.83. The summed E-state index contributed by atoms with van der Waals surface area (Å²) in [6.07, 6.45) is 16.3. The second-order valence-corrected chi connectivity index (χ2v) is 8.43. The molecule has 0 heterocycles. The molecule has 0 aliphatic heterocycles. The maximum atomic E-state index is 11.0. The third-order valence-corrected chi connectivity index (χ3v) is 7.83. The molecular weight excluding hydrogens is 286 g/mol. The van der Waals surface area contributed by atoms with Crippen LogP contribution in [0.4, 0.5) is 0 Å². The van der Waals surface area contributed by atoms with Gasteiger partial charge in [0, 0.05) is 5.41 Å². The maximum Gasteiger partial charge on any atom is 0.130 e. The van der Waals surface area contributed by atoms with Crippen LogP contribution >= 0.6 is 0 Å². The zero-order chi connectivity index (χ0) is 16.2. The Morgan fingerprint density at radius 1 is 1.17 bits per heavy atom. The van der Waals surface area contributed by atoms with Crippen LogP contribution < -0.4 is 0 Å². The first-order valence-corrected chi connectivity index (χ1v) is 9.14. The molecule has 3 heteroatoms. The Hall–Kier alpha value is -1.27. The van der Waals surface area contributed by atoms with E-state index in [9.17, 15) is 5.11 Å². The van der Waals surface area contributed by atoms with Crippen molar-refractivity contribution in [3.8, 4) is 12.3 Å². The van der Waals surface area contributed by atoms with Crippen LogP contribution in [0.3, 0.4) is 0 Å². The van der Waals surface area contributed by atoms with Gasteiger partial charge in [0.15, 0.2) is 0 Å². The minimum atomic E-state index is -0.901.